The number of rotatable bonds is 53. The number of esters is 3. The number of hydrogen-bond donors (Lipinski definition) is 0. The third-order valence-corrected chi connectivity index (χ3v) is 13.7. The van der Waals surface area contributed by atoms with Gasteiger partial charge in [-0.25, -0.2) is 0 Å². The van der Waals surface area contributed by atoms with E-state index in [1.807, 2.05) is 0 Å². The van der Waals surface area contributed by atoms with Crippen LogP contribution in [-0.4, -0.2) is 37.2 Å². The molecule has 0 bridgehead atoms. The van der Waals surface area contributed by atoms with Crippen molar-refractivity contribution in [2.45, 2.75) is 336 Å². The van der Waals surface area contributed by atoms with Crippen LogP contribution in [0.15, 0.2) is 0 Å². The van der Waals surface area contributed by atoms with Crippen molar-refractivity contribution in [3.05, 3.63) is 0 Å². The first kappa shape index (κ1) is 62.4. The van der Waals surface area contributed by atoms with Crippen LogP contribution in [0, 0.1) is 5.92 Å². The summed E-state index contributed by atoms with van der Waals surface area (Å²) in [6, 6.07) is 0. The van der Waals surface area contributed by atoms with Crippen LogP contribution in [-0.2, 0) is 28.6 Å². The van der Waals surface area contributed by atoms with Crippen molar-refractivity contribution in [3.63, 3.8) is 0 Å². The number of carbonyl (C=O) groups is 3. The van der Waals surface area contributed by atoms with E-state index in [0.29, 0.717) is 19.3 Å². The van der Waals surface area contributed by atoms with Crippen molar-refractivity contribution >= 4 is 17.9 Å². The molecule has 0 N–H and O–H groups in total. The molecule has 0 fully saturated rings. The highest BCUT2D eigenvalue weighted by molar-refractivity contribution is 5.71. The molecule has 1 unspecified atom stereocenters. The minimum Gasteiger partial charge on any atom is -0.462 e. The molecule has 380 valence electrons. The summed E-state index contributed by atoms with van der Waals surface area (Å²) < 4.78 is 16.9. The van der Waals surface area contributed by atoms with Crippen LogP contribution < -0.4 is 0 Å². The number of ether oxygens (including phenoxy) is 3. The quantitative estimate of drug-likeness (QED) is 0.0344. The Morgan fingerprint density at radius 3 is 0.812 bits per heavy atom. The monoisotopic (exact) mass is 905 g/mol. The Bertz CT molecular complexity index is 966. The molecule has 0 amide bonds. The lowest BCUT2D eigenvalue weighted by Gasteiger charge is -2.18. The van der Waals surface area contributed by atoms with Crippen LogP contribution in [0.3, 0.4) is 0 Å². The molecular formula is C58H112O6. The summed E-state index contributed by atoms with van der Waals surface area (Å²) in [6.07, 6.45) is 56.6. The Labute approximate surface area is 399 Å². The Morgan fingerprint density at radius 2 is 0.547 bits per heavy atom. The summed E-state index contributed by atoms with van der Waals surface area (Å²) in [4.78, 5) is 38.0. The molecule has 64 heavy (non-hydrogen) atoms. The fourth-order valence-corrected chi connectivity index (χ4v) is 8.89. The molecule has 0 saturated carbocycles. The van der Waals surface area contributed by atoms with E-state index in [1.54, 1.807) is 0 Å². The Kier molecular flexibility index (Phi) is 51.1. The van der Waals surface area contributed by atoms with Gasteiger partial charge in [0.25, 0.3) is 0 Å². The number of unbranched alkanes of at least 4 members (excludes halogenated alkanes) is 39. The molecule has 0 aromatic carbocycles. The largest absolute Gasteiger partial charge is 0.462 e. The summed E-state index contributed by atoms with van der Waals surface area (Å²) in [6.45, 7) is 9.09. The lowest BCUT2D eigenvalue weighted by molar-refractivity contribution is -0.167. The molecule has 0 heterocycles. The second kappa shape index (κ2) is 52.4. The molecular weight excluding hydrogens is 793 g/mol. The van der Waals surface area contributed by atoms with Crippen molar-refractivity contribution < 1.29 is 28.6 Å². The van der Waals surface area contributed by atoms with E-state index < -0.39 is 6.10 Å². The highest BCUT2D eigenvalue weighted by Gasteiger charge is 2.19. The Morgan fingerprint density at radius 1 is 0.312 bits per heavy atom. The fraction of sp³-hybridized carbons (Fsp3) is 0.948. The van der Waals surface area contributed by atoms with Gasteiger partial charge in [-0.3, -0.25) is 14.4 Å². The standard InChI is InChI=1S/C58H112O6/c1-5-8-10-12-14-16-18-25-31-35-39-43-47-51-58(61)64-55(52-62-56(59)49-45-41-37-33-28-17-15-13-11-9-6-2)53-63-57(60)50-46-42-38-34-30-27-24-22-20-19-21-23-26-29-32-36-40-44-48-54(4)7-3/h54-55H,5-53H2,1-4H3/t54?,55-/m1/s1. The van der Waals surface area contributed by atoms with E-state index in [0.717, 1.165) is 63.7 Å². The van der Waals surface area contributed by atoms with Crippen LogP contribution >= 0.6 is 0 Å². The average Bonchev–Trinajstić information content (AvgIpc) is 3.29. The maximum absolute atomic E-state index is 12.8. The van der Waals surface area contributed by atoms with E-state index in [1.165, 1.54) is 225 Å². The Balaban J connectivity index is 4.19. The summed E-state index contributed by atoms with van der Waals surface area (Å²) in [5.41, 5.74) is 0. The van der Waals surface area contributed by atoms with Crippen LogP contribution in [0.5, 0.6) is 0 Å². The van der Waals surface area contributed by atoms with Gasteiger partial charge < -0.3 is 14.2 Å². The molecule has 0 aliphatic rings. The third-order valence-electron chi connectivity index (χ3n) is 13.7. The van der Waals surface area contributed by atoms with Gasteiger partial charge in [0.1, 0.15) is 13.2 Å². The summed E-state index contributed by atoms with van der Waals surface area (Å²) in [5, 5.41) is 0. The molecule has 0 aromatic heterocycles. The molecule has 0 radical (unpaired) electrons. The molecule has 6 nitrogen and oxygen atoms in total. The Hall–Kier alpha value is -1.59. The zero-order valence-corrected chi connectivity index (χ0v) is 43.8. The van der Waals surface area contributed by atoms with E-state index in [2.05, 4.69) is 27.7 Å². The summed E-state index contributed by atoms with van der Waals surface area (Å²) >= 11 is 0. The smallest absolute Gasteiger partial charge is 0.306 e. The molecule has 0 rings (SSSR count). The van der Waals surface area contributed by atoms with Gasteiger partial charge in [-0.05, 0) is 25.2 Å². The molecule has 0 saturated heterocycles. The molecule has 0 aliphatic heterocycles. The minimum absolute atomic E-state index is 0.0619. The van der Waals surface area contributed by atoms with Gasteiger partial charge >= 0.3 is 17.9 Å². The predicted molar refractivity (Wildman–Crippen MR) is 275 cm³/mol. The number of hydrogen-bond acceptors (Lipinski definition) is 6. The molecule has 0 aromatic rings. The van der Waals surface area contributed by atoms with Crippen LogP contribution in [0.2, 0.25) is 0 Å². The van der Waals surface area contributed by atoms with Crippen molar-refractivity contribution in [2.75, 3.05) is 13.2 Å². The van der Waals surface area contributed by atoms with E-state index in [-0.39, 0.29) is 31.1 Å². The van der Waals surface area contributed by atoms with Gasteiger partial charge in [0.05, 0.1) is 0 Å². The molecule has 2 atom stereocenters. The third kappa shape index (κ3) is 49.8. The molecule has 0 aliphatic carbocycles. The zero-order chi connectivity index (χ0) is 46.7. The topological polar surface area (TPSA) is 78.9 Å². The van der Waals surface area contributed by atoms with Gasteiger partial charge in [-0.1, -0.05) is 291 Å². The zero-order valence-electron chi connectivity index (χ0n) is 43.8. The van der Waals surface area contributed by atoms with E-state index >= 15 is 0 Å². The van der Waals surface area contributed by atoms with Crippen LogP contribution in [0.25, 0.3) is 0 Å². The van der Waals surface area contributed by atoms with Crippen molar-refractivity contribution in [1.29, 1.82) is 0 Å². The predicted octanol–water partition coefficient (Wildman–Crippen LogP) is 19.0. The summed E-state index contributed by atoms with van der Waals surface area (Å²) in [5.74, 6) is 0.0727. The van der Waals surface area contributed by atoms with Crippen molar-refractivity contribution in [2.24, 2.45) is 5.92 Å². The van der Waals surface area contributed by atoms with E-state index in [9.17, 15) is 14.4 Å². The first-order valence-corrected chi connectivity index (χ1v) is 28.9. The lowest BCUT2D eigenvalue weighted by Crippen LogP contribution is -2.30. The average molecular weight is 906 g/mol. The highest BCUT2D eigenvalue weighted by Crippen LogP contribution is 2.18. The van der Waals surface area contributed by atoms with Crippen molar-refractivity contribution in [1.82, 2.24) is 0 Å². The maximum Gasteiger partial charge on any atom is 0.306 e. The van der Waals surface area contributed by atoms with Gasteiger partial charge in [0.2, 0.25) is 0 Å². The van der Waals surface area contributed by atoms with Crippen molar-refractivity contribution in [3.8, 4) is 0 Å². The molecule has 6 heteroatoms. The SMILES string of the molecule is CCCCCCCCCCCCCCCC(=O)O[C@H](COC(=O)CCCCCCCCCCCCC)COC(=O)CCCCCCCCCCCCCCCCCCCCC(C)CC. The lowest BCUT2D eigenvalue weighted by atomic mass is 9.99. The maximum atomic E-state index is 12.8. The first-order valence-electron chi connectivity index (χ1n) is 28.9. The van der Waals surface area contributed by atoms with E-state index in [4.69, 9.17) is 14.2 Å². The van der Waals surface area contributed by atoms with Gasteiger partial charge in [0.15, 0.2) is 6.10 Å². The second-order valence-electron chi connectivity index (χ2n) is 20.2. The first-order chi connectivity index (χ1) is 31.4. The minimum atomic E-state index is -0.761. The van der Waals surface area contributed by atoms with Gasteiger partial charge in [0, 0.05) is 19.3 Å². The van der Waals surface area contributed by atoms with Crippen LogP contribution in [0.1, 0.15) is 329 Å². The molecule has 0 spiro atoms. The van der Waals surface area contributed by atoms with Crippen LogP contribution in [0.4, 0.5) is 0 Å². The van der Waals surface area contributed by atoms with Gasteiger partial charge in [-0.15, -0.1) is 0 Å². The fourth-order valence-electron chi connectivity index (χ4n) is 8.89. The normalized spacial score (nSPS) is 12.4. The summed E-state index contributed by atoms with van der Waals surface area (Å²) in [7, 11) is 0. The second-order valence-corrected chi connectivity index (χ2v) is 20.2. The highest BCUT2D eigenvalue weighted by atomic mass is 16.6. The van der Waals surface area contributed by atoms with Gasteiger partial charge in [-0.2, -0.15) is 0 Å². The number of carbonyl (C=O) groups excluding carboxylic acids is 3.